The van der Waals surface area contributed by atoms with Crippen LogP contribution in [0.4, 0.5) is 0 Å². The third-order valence-electron chi connectivity index (χ3n) is 3.53. The predicted molar refractivity (Wildman–Crippen MR) is 70.5 cm³/mol. The number of nitrogens with two attached hydrogens (primary N) is 1. The fourth-order valence-electron chi connectivity index (χ4n) is 1.55. The Morgan fingerprint density at radius 1 is 1.35 bits per heavy atom. The number of hydrogen-bond acceptors (Lipinski definition) is 2. The van der Waals surface area contributed by atoms with Crippen molar-refractivity contribution in [1.29, 1.82) is 0 Å². The first-order chi connectivity index (χ1) is 7.90. The van der Waals surface area contributed by atoms with Gasteiger partial charge in [0.05, 0.1) is 0 Å². The Kier molecular flexibility index (Phi) is 4.29. The van der Waals surface area contributed by atoms with Gasteiger partial charge in [-0.2, -0.15) is 0 Å². The summed E-state index contributed by atoms with van der Waals surface area (Å²) in [5.74, 6) is -0.0388. The highest BCUT2D eigenvalue weighted by atomic mass is 16.2. The Labute approximate surface area is 104 Å². The molecule has 1 aromatic rings. The summed E-state index contributed by atoms with van der Waals surface area (Å²) in [6, 6.07) is 8.90. The van der Waals surface area contributed by atoms with Crippen LogP contribution < -0.4 is 5.73 Å². The third kappa shape index (κ3) is 3.07. The maximum atomic E-state index is 12.2. The van der Waals surface area contributed by atoms with Crippen LogP contribution >= 0.6 is 0 Å². The lowest BCUT2D eigenvalue weighted by Crippen LogP contribution is -2.48. The molecule has 0 aliphatic heterocycles. The summed E-state index contributed by atoms with van der Waals surface area (Å²) in [6.07, 6.45) is 0.900. The average Bonchev–Trinajstić information content (AvgIpc) is 2.37. The maximum Gasteiger partial charge on any atom is 0.244 e. The van der Waals surface area contributed by atoms with E-state index in [-0.39, 0.29) is 11.4 Å². The van der Waals surface area contributed by atoms with Gasteiger partial charge in [-0.15, -0.1) is 0 Å². The molecule has 2 N–H and O–H groups in total. The molecule has 17 heavy (non-hydrogen) atoms. The molecule has 0 aromatic heterocycles. The Balaban J connectivity index is 2.84. The molecule has 1 unspecified atom stereocenters. The van der Waals surface area contributed by atoms with Crippen molar-refractivity contribution in [2.75, 3.05) is 7.05 Å². The summed E-state index contributed by atoms with van der Waals surface area (Å²) in [7, 11) is 1.81. The van der Waals surface area contributed by atoms with Gasteiger partial charge in [0.15, 0.2) is 0 Å². The summed E-state index contributed by atoms with van der Waals surface area (Å²) < 4.78 is 0. The minimum atomic E-state index is -0.577. The molecule has 0 aliphatic rings. The van der Waals surface area contributed by atoms with Crippen LogP contribution in [0, 0.1) is 0 Å². The van der Waals surface area contributed by atoms with Crippen LogP contribution in [0.15, 0.2) is 30.3 Å². The molecule has 94 valence electrons. The Bertz CT molecular complexity index is 373. The lowest BCUT2D eigenvalue weighted by atomic mass is 9.97. The van der Waals surface area contributed by atoms with E-state index in [1.807, 2.05) is 51.2 Å². The maximum absolute atomic E-state index is 12.2. The molecule has 0 saturated heterocycles. The largest absolute Gasteiger partial charge is 0.339 e. The van der Waals surface area contributed by atoms with Crippen molar-refractivity contribution in [1.82, 2.24) is 4.90 Å². The SMILES string of the molecule is CCC(C)(C)N(C)C(=O)C(N)c1ccccc1. The van der Waals surface area contributed by atoms with E-state index < -0.39 is 6.04 Å². The van der Waals surface area contributed by atoms with Crippen molar-refractivity contribution in [2.45, 2.75) is 38.8 Å². The molecule has 0 heterocycles. The molecular formula is C14H22N2O. The van der Waals surface area contributed by atoms with E-state index >= 15 is 0 Å². The number of amides is 1. The normalized spacial score (nSPS) is 13.2. The van der Waals surface area contributed by atoms with E-state index in [0.29, 0.717) is 0 Å². The highest BCUT2D eigenvalue weighted by molar-refractivity contribution is 5.83. The monoisotopic (exact) mass is 234 g/mol. The first-order valence-electron chi connectivity index (χ1n) is 5.98. The number of hydrogen-bond donors (Lipinski definition) is 1. The van der Waals surface area contributed by atoms with Gasteiger partial charge < -0.3 is 10.6 Å². The second-order valence-electron chi connectivity index (χ2n) is 4.95. The Morgan fingerprint density at radius 2 is 1.88 bits per heavy atom. The Hall–Kier alpha value is -1.35. The van der Waals surface area contributed by atoms with Gasteiger partial charge in [0, 0.05) is 12.6 Å². The molecule has 0 saturated carbocycles. The first-order valence-corrected chi connectivity index (χ1v) is 5.98. The first kappa shape index (κ1) is 13.7. The fraction of sp³-hybridized carbons (Fsp3) is 0.500. The van der Waals surface area contributed by atoms with Gasteiger partial charge in [0.2, 0.25) is 5.91 Å². The molecule has 1 aromatic carbocycles. The number of benzene rings is 1. The summed E-state index contributed by atoms with van der Waals surface area (Å²) in [4.78, 5) is 14.0. The van der Waals surface area contributed by atoms with Gasteiger partial charge in [-0.05, 0) is 25.8 Å². The number of likely N-dealkylation sites (N-methyl/N-ethyl adjacent to an activating group) is 1. The van der Waals surface area contributed by atoms with Crippen LogP contribution in [-0.4, -0.2) is 23.4 Å². The highest BCUT2D eigenvalue weighted by Gasteiger charge is 2.29. The van der Waals surface area contributed by atoms with Crippen molar-refractivity contribution in [3.8, 4) is 0 Å². The third-order valence-corrected chi connectivity index (χ3v) is 3.53. The zero-order valence-corrected chi connectivity index (χ0v) is 11.1. The van der Waals surface area contributed by atoms with E-state index in [2.05, 4.69) is 6.92 Å². The molecule has 0 radical (unpaired) electrons. The summed E-state index contributed by atoms with van der Waals surface area (Å²) in [6.45, 7) is 6.16. The summed E-state index contributed by atoms with van der Waals surface area (Å²) >= 11 is 0. The molecule has 1 rings (SSSR count). The topological polar surface area (TPSA) is 46.3 Å². The molecule has 3 nitrogen and oxygen atoms in total. The van der Waals surface area contributed by atoms with Crippen LogP contribution in [0.25, 0.3) is 0 Å². The van der Waals surface area contributed by atoms with E-state index in [1.54, 1.807) is 4.90 Å². The number of carbonyl (C=O) groups is 1. The van der Waals surface area contributed by atoms with Crippen molar-refractivity contribution >= 4 is 5.91 Å². The lowest BCUT2D eigenvalue weighted by molar-refractivity contribution is -0.136. The van der Waals surface area contributed by atoms with E-state index in [1.165, 1.54) is 0 Å². The zero-order chi connectivity index (χ0) is 13.1. The van der Waals surface area contributed by atoms with Crippen molar-refractivity contribution < 1.29 is 4.79 Å². The molecule has 1 amide bonds. The molecule has 0 bridgehead atoms. The number of carbonyl (C=O) groups excluding carboxylic acids is 1. The van der Waals surface area contributed by atoms with Gasteiger partial charge >= 0.3 is 0 Å². The number of nitrogens with zero attached hydrogens (tertiary/aromatic N) is 1. The van der Waals surface area contributed by atoms with Gasteiger partial charge in [0.25, 0.3) is 0 Å². The summed E-state index contributed by atoms with van der Waals surface area (Å²) in [5.41, 5.74) is 6.69. The fourth-order valence-corrected chi connectivity index (χ4v) is 1.55. The van der Waals surface area contributed by atoms with E-state index in [0.717, 1.165) is 12.0 Å². The van der Waals surface area contributed by atoms with Crippen LogP contribution in [0.3, 0.4) is 0 Å². The van der Waals surface area contributed by atoms with Crippen molar-refractivity contribution in [2.24, 2.45) is 5.73 Å². The summed E-state index contributed by atoms with van der Waals surface area (Å²) in [5, 5.41) is 0. The lowest BCUT2D eigenvalue weighted by Gasteiger charge is -2.36. The van der Waals surface area contributed by atoms with Gasteiger partial charge in [-0.1, -0.05) is 37.3 Å². The van der Waals surface area contributed by atoms with Crippen LogP contribution in [0.5, 0.6) is 0 Å². The van der Waals surface area contributed by atoms with Gasteiger partial charge in [-0.3, -0.25) is 4.79 Å². The van der Waals surface area contributed by atoms with Crippen LogP contribution in [0.1, 0.15) is 38.8 Å². The van der Waals surface area contributed by atoms with E-state index in [4.69, 9.17) is 5.73 Å². The van der Waals surface area contributed by atoms with Crippen LogP contribution in [-0.2, 0) is 4.79 Å². The number of rotatable bonds is 4. The molecule has 1 atom stereocenters. The molecule has 0 aliphatic carbocycles. The molecule has 0 spiro atoms. The minimum absolute atomic E-state index is 0.0388. The standard InChI is InChI=1S/C14H22N2O/c1-5-14(2,3)16(4)13(17)12(15)11-9-7-6-8-10-11/h6-10,12H,5,15H2,1-4H3. The molecular weight excluding hydrogens is 212 g/mol. The minimum Gasteiger partial charge on any atom is -0.339 e. The highest BCUT2D eigenvalue weighted by Crippen LogP contribution is 2.21. The van der Waals surface area contributed by atoms with Gasteiger partial charge in [-0.25, -0.2) is 0 Å². The van der Waals surface area contributed by atoms with Crippen molar-refractivity contribution in [3.05, 3.63) is 35.9 Å². The van der Waals surface area contributed by atoms with Crippen LogP contribution in [0.2, 0.25) is 0 Å². The van der Waals surface area contributed by atoms with Gasteiger partial charge in [0.1, 0.15) is 6.04 Å². The van der Waals surface area contributed by atoms with Crippen molar-refractivity contribution in [3.63, 3.8) is 0 Å². The second kappa shape index (κ2) is 5.32. The average molecular weight is 234 g/mol. The quantitative estimate of drug-likeness (QED) is 0.869. The van der Waals surface area contributed by atoms with E-state index in [9.17, 15) is 4.79 Å². The molecule has 3 heteroatoms. The predicted octanol–water partition coefficient (Wildman–Crippen LogP) is 2.33. The molecule has 0 fully saturated rings. The Morgan fingerprint density at radius 3 is 2.35 bits per heavy atom. The zero-order valence-electron chi connectivity index (χ0n) is 11.1. The smallest absolute Gasteiger partial charge is 0.244 e. The second-order valence-corrected chi connectivity index (χ2v) is 4.95.